The van der Waals surface area contributed by atoms with E-state index in [9.17, 15) is 9.90 Å². The molecule has 0 aromatic rings. The molecule has 0 unspecified atom stereocenters. The predicted molar refractivity (Wildman–Crippen MR) is 86.8 cm³/mol. The van der Waals surface area contributed by atoms with Gasteiger partial charge in [-0.1, -0.05) is 13.8 Å². The fourth-order valence-electron chi connectivity index (χ4n) is 8.10. The summed E-state index contributed by atoms with van der Waals surface area (Å²) in [7, 11) is 0. The minimum absolute atomic E-state index is 0.0282. The molecule has 5 rings (SSSR count). The monoisotopic (exact) mass is 318 g/mol. The normalized spacial score (nSPS) is 63.0. The number of rotatable bonds is 1. The summed E-state index contributed by atoms with van der Waals surface area (Å²) in [4.78, 5) is 12.2. The number of aliphatic hydroxyl groups excluding tert-OH is 1. The minimum atomic E-state index is -0.173. The Hall–Kier alpha value is -0.410. The molecule has 9 atom stereocenters. The van der Waals surface area contributed by atoms with Gasteiger partial charge in [0.2, 0.25) is 0 Å². The van der Waals surface area contributed by atoms with E-state index in [0.29, 0.717) is 23.7 Å². The molecule has 0 bridgehead atoms. The third kappa shape index (κ3) is 1.53. The van der Waals surface area contributed by atoms with Crippen LogP contribution in [0.3, 0.4) is 0 Å². The van der Waals surface area contributed by atoms with Gasteiger partial charge in [0.05, 0.1) is 12.2 Å². The van der Waals surface area contributed by atoms with Crippen LogP contribution in [0.2, 0.25) is 0 Å². The van der Waals surface area contributed by atoms with Crippen LogP contribution in [-0.2, 0) is 9.53 Å². The maximum absolute atomic E-state index is 12.2. The van der Waals surface area contributed by atoms with Crippen molar-refractivity contribution in [2.45, 2.75) is 83.5 Å². The summed E-state index contributed by atoms with van der Waals surface area (Å²) >= 11 is 0. The summed E-state index contributed by atoms with van der Waals surface area (Å²) in [5.41, 5.74) is 0.430. The Labute approximate surface area is 139 Å². The lowest BCUT2D eigenvalue weighted by molar-refractivity contribution is -0.129. The minimum Gasteiger partial charge on any atom is -0.393 e. The number of Topliss-reactive ketones (excluding diaryl/α,β-unsaturated/α-hetero) is 1. The summed E-state index contributed by atoms with van der Waals surface area (Å²) in [5, 5.41) is 10.2. The van der Waals surface area contributed by atoms with Crippen LogP contribution in [0.4, 0.5) is 0 Å². The van der Waals surface area contributed by atoms with E-state index in [-0.39, 0.29) is 28.5 Å². The number of hydrogen-bond acceptors (Lipinski definition) is 3. The maximum Gasteiger partial charge on any atom is 0.133 e. The first kappa shape index (κ1) is 14.9. The molecule has 1 N–H and O–H groups in total. The first-order chi connectivity index (χ1) is 10.8. The highest BCUT2D eigenvalue weighted by molar-refractivity contribution is 5.79. The summed E-state index contributed by atoms with van der Waals surface area (Å²) in [5.74, 6) is 2.70. The number of ketones is 1. The van der Waals surface area contributed by atoms with Gasteiger partial charge in [-0.05, 0) is 68.6 Å². The number of hydrogen-bond donors (Lipinski definition) is 1. The van der Waals surface area contributed by atoms with Crippen molar-refractivity contribution in [1.29, 1.82) is 0 Å². The first-order valence-electron chi connectivity index (χ1n) is 9.70. The molecule has 1 saturated heterocycles. The van der Waals surface area contributed by atoms with Gasteiger partial charge in [-0.25, -0.2) is 0 Å². The SMILES string of the molecule is CC(=O)[C@H]1CC[C@H]2[C@@H]3[C@@H]4O[C@@]45C[C@H](O)CC[C@]5(C)[C@H]3CC[C@]12C. The molecule has 1 spiro atoms. The quantitative estimate of drug-likeness (QED) is 0.754. The van der Waals surface area contributed by atoms with E-state index < -0.39 is 0 Å². The predicted octanol–water partition coefficient (Wildman–Crippen LogP) is 3.34. The van der Waals surface area contributed by atoms with Crippen LogP contribution in [0, 0.1) is 34.5 Å². The average molecular weight is 318 g/mol. The Balaban J connectivity index is 1.53. The molecule has 23 heavy (non-hydrogen) atoms. The molecule has 4 saturated carbocycles. The standard InChI is InChI=1S/C20H30O3/c1-11(21)13-4-5-14-16-15(7-8-18(13,14)2)19(3)9-6-12(22)10-20(19)17(16)23-20/h12-17,22H,4-10H2,1-3H3/t12-,13-,14+,15+,16+,17+,18-,19-,20+/m1/s1. The molecule has 0 aromatic heterocycles. The van der Waals surface area contributed by atoms with Gasteiger partial charge in [0.25, 0.3) is 0 Å². The fourth-order valence-corrected chi connectivity index (χ4v) is 8.10. The summed E-state index contributed by atoms with van der Waals surface area (Å²) in [6, 6.07) is 0. The van der Waals surface area contributed by atoms with Crippen molar-refractivity contribution >= 4 is 5.78 Å². The van der Waals surface area contributed by atoms with Crippen molar-refractivity contribution in [1.82, 2.24) is 0 Å². The van der Waals surface area contributed by atoms with Crippen LogP contribution in [0.15, 0.2) is 0 Å². The van der Waals surface area contributed by atoms with Crippen LogP contribution < -0.4 is 0 Å². The van der Waals surface area contributed by atoms with E-state index in [2.05, 4.69) is 13.8 Å². The van der Waals surface area contributed by atoms with Crippen LogP contribution in [0.25, 0.3) is 0 Å². The van der Waals surface area contributed by atoms with Crippen molar-refractivity contribution < 1.29 is 14.6 Å². The van der Waals surface area contributed by atoms with Crippen LogP contribution >= 0.6 is 0 Å². The largest absolute Gasteiger partial charge is 0.393 e. The van der Waals surface area contributed by atoms with Crippen molar-refractivity contribution in [2.24, 2.45) is 34.5 Å². The summed E-state index contributed by atoms with van der Waals surface area (Å²) in [6.45, 7) is 6.64. The van der Waals surface area contributed by atoms with Crippen molar-refractivity contribution in [3.63, 3.8) is 0 Å². The van der Waals surface area contributed by atoms with E-state index in [1.54, 1.807) is 6.92 Å². The molecule has 1 heterocycles. The molecule has 4 aliphatic carbocycles. The number of epoxide rings is 1. The average Bonchev–Trinajstić information content (AvgIpc) is 3.00. The molecule has 5 aliphatic rings. The van der Waals surface area contributed by atoms with E-state index in [1.165, 1.54) is 19.3 Å². The van der Waals surface area contributed by atoms with Crippen molar-refractivity contribution in [3.05, 3.63) is 0 Å². The molecule has 0 radical (unpaired) electrons. The molecular formula is C20H30O3. The Morgan fingerprint density at radius 3 is 2.61 bits per heavy atom. The van der Waals surface area contributed by atoms with E-state index in [1.807, 2.05) is 0 Å². The topological polar surface area (TPSA) is 49.8 Å². The molecule has 128 valence electrons. The van der Waals surface area contributed by atoms with Crippen LogP contribution in [-0.4, -0.2) is 28.7 Å². The molecule has 0 amide bonds. The van der Waals surface area contributed by atoms with Gasteiger partial charge < -0.3 is 9.84 Å². The summed E-state index contributed by atoms with van der Waals surface area (Å²) < 4.78 is 6.39. The second-order valence-electron chi connectivity index (χ2n) is 9.82. The van der Waals surface area contributed by atoms with Crippen LogP contribution in [0.5, 0.6) is 0 Å². The Bertz CT molecular complexity index is 573. The number of fused-ring (bicyclic) bond motifs is 5. The first-order valence-corrected chi connectivity index (χ1v) is 9.70. The number of aliphatic hydroxyl groups is 1. The zero-order chi connectivity index (χ0) is 16.2. The lowest BCUT2D eigenvalue weighted by atomic mass is 9.53. The highest BCUT2D eigenvalue weighted by Crippen LogP contribution is 2.77. The van der Waals surface area contributed by atoms with Gasteiger partial charge in [0, 0.05) is 17.8 Å². The number of carbonyl (C=O) groups is 1. The molecule has 3 heteroatoms. The van der Waals surface area contributed by atoms with Gasteiger partial charge in [0.15, 0.2) is 0 Å². The smallest absolute Gasteiger partial charge is 0.133 e. The lowest BCUT2D eigenvalue weighted by Crippen LogP contribution is -2.49. The maximum atomic E-state index is 12.2. The van der Waals surface area contributed by atoms with E-state index >= 15 is 0 Å². The zero-order valence-electron chi connectivity index (χ0n) is 14.7. The molecular weight excluding hydrogens is 288 g/mol. The highest BCUT2D eigenvalue weighted by Gasteiger charge is 2.81. The molecule has 3 nitrogen and oxygen atoms in total. The number of ether oxygens (including phenoxy) is 1. The van der Waals surface area contributed by atoms with Gasteiger partial charge in [0.1, 0.15) is 11.4 Å². The van der Waals surface area contributed by atoms with E-state index in [0.717, 1.165) is 31.6 Å². The second-order valence-corrected chi connectivity index (χ2v) is 9.82. The third-order valence-corrected chi connectivity index (χ3v) is 9.23. The van der Waals surface area contributed by atoms with Gasteiger partial charge >= 0.3 is 0 Å². The van der Waals surface area contributed by atoms with Crippen molar-refractivity contribution in [3.8, 4) is 0 Å². The lowest BCUT2D eigenvalue weighted by Gasteiger charge is -2.52. The summed E-state index contributed by atoms with van der Waals surface area (Å²) in [6.07, 6.45) is 7.85. The van der Waals surface area contributed by atoms with Crippen LogP contribution in [0.1, 0.15) is 65.7 Å². The fraction of sp³-hybridized carbons (Fsp3) is 0.950. The second kappa shape index (κ2) is 4.22. The third-order valence-electron chi connectivity index (χ3n) is 9.23. The number of carbonyl (C=O) groups excluding carboxylic acids is 1. The molecule has 1 aliphatic heterocycles. The zero-order valence-corrected chi connectivity index (χ0v) is 14.7. The Morgan fingerprint density at radius 1 is 1.09 bits per heavy atom. The Kier molecular flexibility index (Phi) is 2.73. The highest BCUT2D eigenvalue weighted by atomic mass is 16.6. The van der Waals surface area contributed by atoms with E-state index in [4.69, 9.17) is 4.74 Å². The van der Waals surface area contributed by atoms with Gasteiger partial charge in [-0.15, -0.1) is 0 Å². The molecule has 0 aromatic carbocycles. The molecule has 5 fully saturated rings. The Morgan fingerprint density at radius 2 is 1.87 bits per heavy atom. The van der Waals surface area contributed by atoms with Crippen molar-refractivity contribution in [2.75, 3.05) is 0 Å². The van der Waals surface area contributed by atoms with Gasteiger partial charge in [-0.2, -0.15) is 0 Å². The van der Waals surface area contributed by atoms with Gasteiger partial charge in [-0.3, -0.25) is 4.79 Å².